The van der Waals surface area contributed by atoms with E-state index in [0.717, 1.165) is 50.6 Å². The highest BCUT2D eigenvalue weighted by Crippen LogP contribution is 2.34. The number of anilines is 3. The van der Waals surface area contributed by atoms with E-state index in [1.54, 1.807) is 12.1 Å². The lowest BCUT2D eigenvalue weighted by atomic mass is 9.86. The van der Waals surface area contributed by atoms with E-state index in [1.165, 1.54) is 6.07 Å². The van der Waals surface area contributed by atoms with Gasteiger partial charge in [-0.2, -0.15) is 5.10 Å². The molecule has 1 aliphatic rings. The van der Waals surface area contributed by atoms with Gasteiger partial charge in [0, 0.05) is 35.1 Å². The summed E-state index contributed by atoms with van der Waals surface area (Å²) in [6.45, 7) is 6.31. The van der Waals surface area contributed by atoms with Crippen molar-refractivity contribution in [1.82, 2.24) is 10.2 Å². The minimum absolute atomic E-state index is 0.115. The number of hydrogen-bond donors (Lipinski definition) is 3. The molecule has 0 bridgehead atoms. The number of H-pyrrole nitrogens is 1. The molecule has 0 saturated carbocycles. The number of rotatable bonds is 6. The zero-order valence-electron chi connectivity index (χ0n) is 23.9. The van der Waals surface area contributed by atoms with Crippen molar-refractivity contribution in [2.45, 2.75) is 26.2 Å². The van der Waals surface area contributed by atoms with Gasteiger partial charge in [0.1, 0.15) is 5.75 Å². The fourth-order valence-corrected chi connectivity index (χ4v) is 5.01. The Kier molecular flexibility index (Phi) is 6.82. The summed E-state index contributed by atoms with van der Waals surface area (Å²) in [7, 11) is 1.97. The first kappa shape index (κ1) is 27.0. The number of phenolic OH excluding ortho intramolecular Hbond substituents is 1. The van der Waals surface area contributed by atoms with Crippen LogP contribution in [0.2, 0.25) is 0 Å². The Morgan fingerprint density at radius 3 is 2.57 bits per heavy atom. The lowest BCUT2D eigenvalue weighted by molar-refractivity contribution is 0.102. The molecule has 5 aromatic rings. The van der Waals surface area contributed by atoms with E-state index >= 15 is 0 Å². The number of phenols is 1. The number of carbonyl (C=O) groups excluding carboxylic acids is 1. The maximum atomic E-state index is 13.0. The third-order valence-electron chi connectivity index (χ3n) is 7.35. The number of ether oxygens (including phenoxy) is 2. The van der Waals surface area contributed by atoms with Gasteiger partial charge in [0.2, 0.25) is 6.79 Å². The number of fused-ring (bicyclic) bond motifs is 2. The van der Waals surface area contributed by atoms with Crippen LogP contribution in [0, 0.1) is 0 Å². The molecule has 0 atom stereocenters. The molecule has 0 radical (unpaired) electrons. The van der Waals surface area contributed by atoms with Gasteiger partial charge in [0.05, 0.1) is 11.2 Å². The quantitative estimate of drug-likeness (QED) is 0.199. The maximum Gasteiger partial charge on any atom is 0.255 e. The van der Waals surface area contributed by atoms with Gasteiger partial charge in [0.25, 0.3) is 5.91 Å². The molecule has 8 nitrogen and oxygen atoms in total. The van der Waals surface area contributed by atoms with E-state index in [9.17, 15) is 9.90 Å². The average molecular weight is 561 g/mol. The molecular formula is C34H32N4O4. The highest BCUT2D eigenvalue weighted by Gasteiger charge is 2.20. The van der Waals surface area contributed by atoms with Crippen LogP contribution in [0.1, 0.15) is 48.0 Å². The molecule has 0 fully saturated rings. The second-order valence-electron chi connectivity index (χ2n) is 11.3. The van der Waals surface area contributed by atoms with Gasteiger partial charge in [-0.25, -0.2) is 0 Å². The number of aromatic hydroxyl groups is 1. The first-order chi connectivity index (χ1) is 20.2. The molecule has 3 N–H and O–H groups in total. The number of benzene rings is 4. The van der Waals surface area contributed by atoms with Crippen LogP contribution < -0.4 is 19.7 Å². The molecule has 0 aliphatic carbocycles. The molecule has 4 aromatic carbocycles. The van der Waals surface area contributed by atoms with Gasteiger partial charge >= 0.3 is 0 Å². The van der Waals surface area contributed by atoms with Crippen LogP contribution in [0.25, 0.3) is 23.1 Å². The van der Waals surface area contributed by atoms with E-state index in [1.807, 2.05) is 106 Å². The van der Waals surface area contributed by atoms with Crippen LogP contribution in [-0.4, -0.2) is 35.1 Å². The molecular weight excluding hydrogens is 528 g/mol. The number of carbonyl (C=O) groups is 1. The lowest BCUT2D eigenvalue weighted by Gasteiger charge is -2.21. The second-order valence-corrected chi connectivity index (χ2v) is 11.3. The number of aromatic amines is 1. The van der Waals surface area contributed by atoms with Gasteiger partial charge < -0.3 is 24.8 Å². The van der Waals surface area contributed by atoms with Crippen molar-refractivity contribution in [2.75, 3.05) is 24.1 Å². The molecule has 42 heavy (non-hydrogen) atoms. The monoisotopic (exact) mass is 560 g/mol. The van der Waals surface area contributed by atoms with Crippen molar-refractivity contribution in [3.63, 3.8) is 0 Å². The first-order valence-corrected chi connectivity index (χ1v) is 13.7. The van der Waals surface area contributed by atoms with E-state index in [-0.39, 0.29) is 23.9 Å². The van der Waals surface area contributed by atoms with Crippen molar-refractivity contribution in [3.8, 4) is 17.2 Å². The first-order valence-electron chi connectivity index (χ1n) is 13.7. The summed E-state index contributed by atoms with van der Waals surface area (Å²) in [6.07, 6.45) is 3.97. The summed E-state index contributed by atoms with van der Waals surface area (Å²) in [5, 5.41) is 22.1. The number of amides is 1. The highest BCUT2D eigenvalue weighted by molar-refractivity contribution is 6.05. The summed E-state index contributed by atoms with van der Waals surface area (Å²) in [5.74, 6) is 1.33. The Hall–Kier alpha value is -5.24. The zero-order valence-corrected chi connectivity index (χ0v) is 23.9. The van der Waals surface area contributed by atoms with E-state index in [2.05, 4.69) is 15.5 Å². The molecule has 1 amide bonds. The Morgan fingerprint density at radius 1 is 0.952 bits per heavy atom. The fraction of sp³-hybridized carbons (Fsp3) is 0.176. The Bertz CT molecular complexity index is 1830. The minimum Gasteiger partial charge on any atom is -0.508 e. The number of nitrogens with one attached hydrogen (secondary N) is 2. The Labute approximate surface area is 244 Å². The van der Waals surface area contributed by atoms with Crippen molar-refractivity contribution >= 4 is 46.0 Å². The molecule has 0 spiro atoms. The third kappa shape index (κ3) is 5.39. The fourth-order valence-electron chi connectivity index (χ4n) is 5.01. The molecule has 1 aromatic heterocycles. The van der Waals surface area contributed by atoms with Gasteiger partial charge in [-0.1, -0.05) is 45.0 Å². The van der Waals surface area contributed by atoms with Crippen LogP contribution in [0.5, 0.6) is 17.2 Å². The van der Waals surface area contributed by atoms with Crippen molar-refractivity contribution < 1.29 is 19.4 Å². The SMILES string of the molecule is CN(c1cccc(NC(=O)c2ccc(C(C)(C)C)c(O)c2)c1)c1ccc2c(/C=C/c3ccc4c(c3)OCO4)n[nH]c2c1. The van der Waals surface area contributed by atoms with E-state index in [4.69, 9.17) is 9.47 Å². The highest BCUT2D eigenvalue weighted by atomic mass is 16.7. The largest absolute Gasteiger partial charge is 0.508 e. The van der Waals surface area contributed by atoms with Crippen molar-refractivity contribution in [3.05, 3.63) is 101 Å². The summed E-state index contributed by atoms with van der Waals surface area (Å²) in [4.78, 5) is 15.0. The lowest BCUT2D eigenvalue weighted by Crippen LogP contribution is -2.15. The van der Waals surface area contributed by atoms with Crippen LogP contribution in [-0.2, 0) is 5.41 Å². The normalized spacial score (nSPS) is 12.7. The second kappa shape index (κ2) is 10.6. The molecule has 1 aliphatic heterocycles. The smallest absolute Gasteiger partial charge is 0.255 e. The zero-order chi connectivity index (χ0) is 29.4. The van der Waals surface area contributed by atoms with Crippen LogP contribution in [0.3, 0.4) is 0 Å². The molecule has 0 unspecified atom stereocenters. The van der Waals surface area contributed by atoms with Gasteiger partial charge in [-0.05, 0) is 83.3 Å². The third-order valence-corrected chi connectivity index (χ3v) is 7.35. The number of hydrogen-bond acceptors (Lipinski definition) is 6. The number of aromatic nitrogens is 2. The predicted molar refractivity (Wildman–Crippen MR) is 167 cm³/mol. The molecule has 2 heterocycles. The average Bonchev–Trinajstić information content (AvgIpc) is 3.61. The maximum absolute atomic E-state index is 13.0. The van der Waals surface area contributed by atoms with E-state index in [0.29, 0.717) is 11.3 Å². The van der Waals surface area contributed by atoms with Crippen molar-refractivity contribution in [2.24, 2.45) is 0 Å². The minimum atomic E-state index is -0.286. The molecule has 6 rings (SSSR count). The predicted octanol–water partition coefficient (Wildman–Crippen LogP) is 7.49. The van der Waals surface area contributed by atoms with Crippen molar-refractivity contribution in [1.29, 1.82) is 0 Å². The van der Waals surface area contributed by atoms with Crippen LogP contribution in [0.4, 0.5) is 17.1 Å². The molecule has 8 heteroatoms. The molecule has 212 valence electrons. The summed E-state index contributed by atoms with van der Waals surface area (Å²) < 4.78 is 10.9. The van der Waals surface area contributed by atoms with E-state index < -0.39 is 0 Å². The van der Waals surface area contributed by atoms with Gasteiger partial charge in [-0.3, -0.25) is 9.89 Å². The number of nitrogens with zero attached hydrogens (tertiary/aromatic N) is 2. The van der Waals surface area contributed by atoms with Crippen LogP contribution >= 0.6 is 0 Å². The topological polar surface area (TPSA) is 99.7 Å². The standard InChI is InChI=1S/C34H32N4O4/c1-34(2,3)27-13-10-22(17-30(27)39)33(40)35-23-6-5-7-24(18-23)38(4)25-11-12-26-28(36-37-29(26)19-25)14-8-21-9-15-31-32(16-21)42-20-41-31/h5-19,39H,20H2,1-4H3,(H,35,40)(H,36,37)/b14-8+. The Morgan fingerprint density at radius 2 is 1.76 bits per heavy atom. The van der Waals surface area contributed by atoms with Gasteiger partial charge in [0.15, 0.2) is 11.5 Å². The van der Waals surface area contributed by atoms with Gasteiger partial charge in [-0.15, -0.1) is 0 Å². The summed E-state index contributed by atoms with van der Waals surface area (Å²) in [6, 6.07) is 24.7. The molecule has 0 saturated heterocycles. The summed E-state index contributed by atoms with van der Waals surface area (Å²) in [5.41, 5.74) is 6.24. The Balaban J connectivity index is 1.17. The summed E-state index contributed by atoms with van der Waals surface area (Å²) >= 11 is 0. The van der Waals surface area contributed by atoms with Crippen LogP contribution in [0.15, 0.2) is 78.9 Å².